The highest BCUT2D eigenvalue weighted by atomic mass is 35.5. The molecule has 0 atom stereocenters. The maximum absolute atomic E-state index is 14.8. The van der Waals surface area contributed by atoms with Gasteiger partial charge < -0.3 is 9.47 Å². The Bertz CT molecular complexity index is 1300. The third-order valence-electron chi connectivity index (χ3n) is 4.73. The van der Waals surface area contributed by atoms with Gasteiger partial charge in [0.05, 0.1) is 5.02 Å². The first kappa shape index (κ1) is 23.8. The van der Waals surface area contributed by atoms with Crippen LogP contribution < -0.4 is 9.47 Å². The summed E-state index contributed by atoms with van der Waals surface area (Å²) in [6.45, 7) is -0.117. The number of alkyl halides is 3. The predicted molar refractivity (Wildman–Crippen MR) is 119 cm³/mol. The van der Waals surface area contributed by atoms with Gasteiger partial charge in [-0.25, -0.2) is 9.37 Å². The van der Waals surface area contributed by atoms with Crippen molar-refractivity contribution in [3.05, 3.63) is 82.4 Å². The fourth-order valence-electron chi connectivity index (χ4n) is 3.26. The van der Waals surface area contributed by atoms with E-state index in [2.05, 4.69) is 14.8 Å². The van der Waals surface area contributed by atoms with Gasteiger partial charge in [0.2, 0.25) is 0 Å². The number of nitrogens with zero attached hydrogens (tertiary/aromatic N) is 3. The molecule has 0 saturated heterocycles. The Morgan fingerprint density at radius 1 is 0.971 bits per heavy atom. The molecule has 0 unspecified atom stereocenters. The number of hydrogen-bond acceptors (Lipinski definition) is 4. The van der Waals surface area contributed by atoms with Crippen molar-refractivity contribution in [1.82, 2.24) is 14.8 Å². The Morgan fingerprint density at radius 2 is 1.68 bits per heavy atom. The molecule has 3 aromatic carbocycles. The lowest BCUT2D eigenvalue weighted by Crippen LogP contribution is -2.16. The number of ether oxygens (including phenoxy) is 2. The Morgan fingerprint density at radius 3 is 2.29 bits per heavy atom. The SMILES string of the molecule is Cn1cnc(-c2cc(Cl)c(COc3ccc(OC(F)(F)F)cc3)c(-c3c(F)cccc3Cl)c2)n1. The molecule has 11 heteroatoms. The van der Waals surface area contributed by atoms with Crippen LogP contribution >= 0.6 is 23.2 Å². The fraction of sp³-hybridized carbons (Fsp3) is 0.130. The highest BCUT2D eigenvalue weighted by Crippen LogP contribution is 2.39. The summed E-state index contributed by atoms with van der Waals surface area (Å²) < 4.78 is 63.0. The van der Waals surface area contributed by atoms with E-state index in [0.29, 0.717) is 22.5 Å². The maximum Gasteiger partial charge on any atom is 0.573 e. The van der Waals surface area contributed by atoms with Crippen LogP contribution in [0.3, 0.4) is 0 Å². The summed E-state index contributed by atoms with van der Waals surface area (Å²) in [5, 5.41) is 4.67. The Labute approximate surface area is 201 Å². The Balaban J connectivity index is 1.70. The molecule has 4 aromatic rings. The lowest BCUT2D eigenvalue weighted by Gasteiger charge is -2.16. The van der Waals surface area contributed by atoms with Crippen LogP contribution in [0.1, 0.15) is 5.56 Å². The van der Waals surface area contributed by atoms with Gasteiger partial charge in [-0.3, -0.25) is 4.68 Å². The van der Waals surface area contributed by atoms with E-state index in [1.54, 1.807) is 25.2 Å². The van der Waals surface area contributed by atoms with Crippen LogP contribution in [-0.2, 0) is 13.7 Å². The van der Waals surface area contributed by atoms with Crippen LogP contribution in [0, 0.1) is 5.82 Å². The standard InChI is InChI=1S/C23H15Cl2F4N3O2/c1-32-12-30-22(31-32)13-9-16(21-18(24)3-2-4-20(21)26)17(19(25)10-13)11-33-14-5-7-15(8-6-14)34-23(27,28)29/h2-10,12H,11H2,1H3. The number of hydrogen-bond donors (Lipinski definition) is 0. The van der Waals surface area contributed by atoms with Crippen molar-refractivity contribution in [3.63, 3.8) is 0 Å². The lowest BCUT2D eigenvalue weighted by molar-refractivity contribution is -0.274. The number of benzene rings is 3. The van der Waals surface area contributed by atoms with Crippen LogP contribution in [0.5, 0.6) is 11.5 Å². The molecular weight excluding hydrogens is 497 g/mol. The molecule has 0 amide bonds. The van der Waals surface area contributed by atoms with Gasteiger partial charge in [0, 0.05) is 28.8 Å². The van der Waals surface area contributed by atoms with Gasteiger partial charge >= 0.3 is 6.36 Å². The zero-order valence-electron chi connectivity index (χ0n) is 17.4. The van der Waals surface area contributed by atoms with E-state index in [-0.39, 0.29) is 33.7 Å². The quantitative estimate of drug-likeness (QED) is 0.259. The van der Waals surface area contributed by atoms with Crippen LogP contribution in [0.25, 0.3) is 22.5 Å². The molecule has 0 fully saturated rings. The second-order valence-corrected chi connectivity index (χ2v) is 7.94. The molecule has 0 aliphatic rings. The van der Waals surface area contributed by atoms with Gasteiger partial charge in [0.15, 0.2) is 5.82 Å². The van der Waals surface area contributed by atoms with Crippen molar-refractivity contribution in [2.75, 3.05) is 0 Å². The van der Waals surface area contributed by atoms with Crippen molar-refractivity contribution in [2.24, 2.45) is 7.05 Å². The smallest absolute Gasteiger partial charge is 0.489 e. The minimum Gasteiger partial charge on any atom is -0.489 e. The average molecular weight is 512 g/mol. The van der Waals surface area contributed by atoms with E-state index in [0.717, 1.165) is 12.1 Å². The van der Waals surface area contributed by atoms with Gasteiger partial charge in [-0.2, -0.15) is 5.10 Å². The number of rotatable bonds is 6. The summed E-state index contributed by atoms with van der Waals surface area (Å²) in [7, 11) is 1.71. The largest absolute Gasteiger partial charge is 0.573 e. The predicted octanol–water partition coefficient (Wildman–Crippen LogP) is 7.07. The normalized spacial score (nSPS) is 11.5. The summed E-state index contributed by atoms with van der Waals surface area (Å²) in [5.74, 6) is -0.314. The monoisotopic (exact) mass is 511 g/mol. The second kappa shape index (κ2) is 9.52. The highest BCUT2D eigenvalue weighted by molar-refractivity contribution is 6.34. The van der Waals surface area contributed by atoms with Gasteiger partial charge in [0.25, 0.3) is 0 Å². The molecule has 176 valence electrons. The zero-order valence-corrected chi connectivity index (χ0v) is 18.9. The van der Waals surface area contributed by atoms with Crippen molar-refractivity contribution < 1.29 is 27.0 Å². The molecular formula is C23H15Cl2F4N3O2. The van der Waals surface area contributed by atoms with Crippen LogP contribution in [0.2, 0.25) is 10.0 Å². The molecule has 0 radical (unpaired) electrons. The minimum atomic E-state index is -4.80. The third-order valence-corrected chi connectivity index (χ3v) is 5.38. The second-order valence-electron chi connectivity index (χ2n) is 7.13. The molecule has 1 aromatic heterocycles. The number of halogens is 6. The van der Waals surface area contributed by atoms with Crippen LogP contribution in [0.15, 0.2) is 60.9 Å². The fourth-order valence-corrected chi connectivity index (χ4v) is 3.79. The van der Waals surface area contributed by atoms with Gasteiger partial charge in [0.1, 0.15) is 30.3 Å². The van der Waals surface area contributed by atoms with Crippen molar-refractivity contribution in [3.8, 4) is 34.0 Å². The Kier molecular flexibility index (Phi) is 6.67. The summed E-state index contributed by atoms with van der Waals surface area (Å²) in [5.41, 5.74) is 1.45. The average Bonchev–Trinajstić information content (AvgIpc) is 3.19. The number of aryl methyl sites for hydroxylation is 1. The minimum absolute atomic E-state index is 0.117. The summed E-state index contributed by atoms with van der Waals surface area (Å²) in [4.78, 5) is 4.21. The summed E-state index contributed by atoms with van der Waals surface area (Å²) in [6.07, 6.45) is -3.28. The van der Waals surface area contributed by atoms with E-state index in [1.807, 2.05) is 0 Å². The molecule has 4 rings (SSSR count). The molecule has 0 N–H and O–H groups in total. The van der Waals surface area contributed by atoms with Gasteiger partial charge in [-0.1, -0.05) is 29.3 Å². The lowest BCUT2D eigenvalue weighted by atomic mass is 9.96. The highest BCUT2D eigenvalue weighted by Gasteiger charge is 2.31. The zero-order chi connectivity index (χ0) is 24.5. The van der Waals surface area contributed by atoms with Gasteiger partial charge in [-0.05, 0) is 54.1 Å². The first-order valence-electron chi connectivity index (χ1n) is 9.72. The van der Waals surface area contributed by atoms with Crippen molar-refractivity contribution in [1.29, 1.82) is 0 Å². The molecule has 0 aliphatic carbocycles. The van der Waals surface area contributed by atoms with E-state index in [4.69, 9.17) is 27.9 Å². The van der Waals surface area contributed by atoms with E-state index in [9.17, 15) is 17.6 Å². The van der Waals surface area contributed by atoms with E-state index < -0.39 is 12.2 Å². The first-order chi connectivity index (χ1) is 16.1. The molecule has 0 aliphatic heterocycles. The van der Waals surface area contributed by atoms with Crippen molar-refractivity contribution in [2.45, 2.75) is 13.0 Å². The summed E-state index contributed by atoms with van der Waals surface area (Å²) in [6, 6.07) is 12.4. The summed E-state index contributed by atoms with van der Waals surface area (Å²) >= 11 is 12.9. The topological polar surface area (TPSA) is 49.2 Å². The van der Waals surface area contributed by atoms with Gasteiger partial charge in [-0.15, -0.1) is 13.2 Å². The third kappa shape index (κ3) is 5.43. The molecule has 0 spiro atoms. The van der Waals surface area contributed by atoms with E-state index in [1.165, 1.54) is 35.3 Å². The van der Waals surface area contributed by atoms with Crippen LogP contribution in [-0.4, -0.2) is 21.1 Å². The molecule has 34 heavy (non-hydrogen) atoms. The first-order valence-corrected chi connectivity index (χ1v) is 10.5. The molecule has 0 saturated carbocycles. The maximum atomic E-state index is 14.8. The van der Waals surface area contributed by atoms with Crippen molar-refractivity contribution >= 4 is 23.2 Å². The Hall–Kier alpha value is -3.30. The molecule has 1 heterocycles. The number of aromatic nitrogens is 3. The van der Waals surface area contributed by atoms with Crippen LogP contribution in [0.4, 0.5) is 17.6 Å². The molecule has 5 nitrogen and oxygen atoms in total. The van der Waals surface area contributed by atoms with E-state index >= 15 is 0 Å². The molecule has 0 bridgehead atoms.